The molecule has 2 N–H and O–H groups in total. The van der Waals surface area contributed by atoms with Gasteiger partial charge in [-0.2, -0.15) is 0 Å². The fraction of sp³-hybridized carbons (Fsp3) is 0.735. The molecule has 1 spiro atoms. The first-order chi connectivity index (χ1) is 21.9. The Morgan fingerprint density at radius 3 is 2.06 bits per heavy atom. The summed E-state index contributed by atoms with van der Waals surface area (Å²) in [5.74, 6) is -5.03. The average Bonchev–Trinajstić information content (AvgIpc) is 3.55. The van der Waals surface area contributed by atoms with Crippen LogP contribution in [0.2, 0.25) is 0 Å². The van der Waals surface area contributed by atoms with Gasteiger partial charge in [-0.25, -0.2) is 4.79 Å². The third-order valence-corrected chi connectivity index (χ3v) is 10.1. The van der Waals surface area contributed by atoms with Gasteiger partial charge in [-0.3, -0.25) is 19.2 Å². The summed E-state index contributed by atoms with van der Waals surface area (Å²) in [7, 11) is 0. The Kier molecular flexibility index (Phi) is 10.4. The van der Waals surface area contributed by atoms with E-state index >= 15 is 0 Å². The van der Waals surface area contributed by atoms with Gasteiger partial charge in [0.2, 0.25) is 0 Å². The van der Waals surface area contributed by atoms with Crippen molar-refractivity contribution in [1.29, 1.82) is 0 Å². The first-order valence-electron chi connectivity index (χ1n) is 16.3. The summed E-state index contributed by atoms with van der Waals surface area (Å²) in [6.07, 6.45) is 0.195. The first kappa shape index (κ1) is 36.5. The van der Waals surface area contributed by atoms with Gasteiger partial charge in [-0.15, -0.1) is 0 Å². The molecule has 47 heavy (non-hydrogen) atoms. The fourth-order valence-electron chi connectivity index (χ4n) is 7.77. The lowest BCUT2D eigenvalue weighted by Crippen LogP contribution is -2.69. The molecule has 2 aliphatic carbocycles. The van der Waals surface area contributed by atoms with Crippen LogP contribution in [-0.2, 0) is 52.4 Å². The number of carbonyl (C=O) groups is 5. The molecule has 0 aromatic carbocycles. The van der Waals surface area contributed by atoms with Gasteiger partial charge in [0.05, 0.1) is 0 Å². The molecule has 4 aliphatic rings. The van der Waals surface area contributed by atoms with Gasteiger partial charge in [0.1, 0.15) is 30.0 Å². The van der Waals surface area contributed by atoms with Crippen molar-refractivity contribution >= 4 is 29.8 Å². The summed E-state index contributed by atoms with van der Waals surface area (Å²) in [6.45, 7) is 11.5. The topological polar surface area (TPSA) is 184 Å². The smallest absolute Gasteiger partial charge is 0.342 e. The number of hydrogen-bond donors (Lipinski definition) is 2. The van der Waals surface area contributed by atoms with E-state index in [1.54, 1.807) is 13.8 Å². The van der Waals surface area contributed by atoms with E-state index in [4.69, 9.17) is 28.4 Å². The Labute approximate surface area is 274 Å². The number of fused-ring (bicyclic) bond motifs is 1. The van der Waals surface area contributed by atoms with Crippen molar-refractivity contribution in [3.8, 4) is 0 Å². The maximum absolute atomic E-state index is 13.3. The SMILES string of the molecule is CCCCCCCC(=O)O[C@H]1/C(C)=C\[C@@H]2OC(=O)[C@]3(C)O[C@]23[C@H](OC(C)=O)[C@H]2[C@](C)(O)[C@H](OC(C)=O)C=C[C@@]2(C)[C@@H](OC(C)=O)[C@@H]1O. The highest BCUT2D eigenvalue weighted by atomic mass is 16.7. The number of rotatable bonds is 10. The number of aliphatic hydroxyl groups excluding tert-OH is 1. The summed E-state index contributed by atoms with van der Waals surface area (Å²) >= 11 is 0. The normalized spacial score (nSPS) is 41.5. The average molecular weight is 665 g/mol. The van der Waals surface area contributed by atoms with Gasteiger partial charge in [-0.05, 0) is 44.9 Å². The molecule has 0 unspecified atom stereocenters. The molecule has 4 rings (SSSR count). The third kappa shape index (κ3) is 6.46. The van der Waals surface area contributed by atoms with E-state index in [0.29, 0.717) is 6.42 Å². The molecule has 13 heteroatoms. The molecule has 0 aromatic rings. The van der Waals surface area contributed by atoms with Gasteiger partial charge in [0, 0.05) is 38.5 Å². The lowest BCUT2D eigenvalue weighted by atomic mass is 9.55. The summed E-state index contributed by atoms with van der Waals surface area (Å²) in [6, 6.07) is 0. The molecule has 0 aromatic heterocycles. The minimum atomic E-state index is -2.09. The second-order valence-corrected chi connectivity index (χ2v) is 13.7. The van der Waals surface area contributed by atoms with Crippen LogP contribution in [0.1, 0.15) is 93.9 Å². The summed E-state index contributed by atoms with van der Waals surface area (Å²) in [5.41, 5.74) is -6.81. The molecular formula is C34H48O13. The standard InChI is InChI=1S/C34H48O13/c1-9-10-11-12-13-14-24(38)46-26-18(2)17-23-34(33(8,47-34)30(40)45-23)29(44-21(5)37)27-31(6,28(25(26)39)43-20(4)36)16-15-22(32(27,7)41)42-19(3)35/h15-17,22-23,25-29,39,41H,9-14H2,1-8H3/b18-17-/t22-,23+,25-,26+,27-,28+,29-,31-,32-,33+,34+/m1/s1. The van der Waals surface area contributed by atoms with Crippen LogP contribution in [0.5, 0.6) is 0 Å². The molecule has 0 radical (unpaired) electrons. The maximum atomic E-state index is 13.3. The predicted molar refractivity (Wildman–Crippen MR) is 163 cm³/mol. The lowest BCUT2D eigenvalue weighted by molar-refractivity contribution is -0.230. The number of esters is 5. The van der Waals surface area contributed by atoms with Gasteiger partial charge in [0.15, 0.2) is 23.4 Å². The van der Waals surface area contributed by atoms with Crippen molar-refractivity contribution in [1.82, 2.24) is 0 Å². The van der Waals surface area contributed by atoms with Crippen molar-refractivity contribution in [3.05, 3.63) is 23.8 Å². The van der Waals surface area contributed by atoms with E-state index in [0.717, 1.165) is 46.5 Å². The van der Waals surface area contributed by atoms with Crippen LogP contribution in [0, 0.1) is 11.3 Å². The Morgan fingerprint density at radius 2 is 1.49 bits per heavy atom. The minimum Gasteiger partial charge on any atom is -0.459 e. The van der Waals surface area contributed by atoms with Crippen LogP contribution in [0.4, 0.5) is 0 Å². The number of aliphatic hydroxyl groups is 2. The highest BCUT2D eigenvalue weighted by Gasteiger charge is 2.88. The van der Waals surface area contributed by atoms with Crippen molar-refractivity contribution in [2.24, 2.45) is 11.3 Å². The molecule has 2 heterocycles. The van der Waals surface area contributed by atoms with E-state index in [1.165, 1.54) is 32.1 Å². The zero-order valence-corrected chi connectivity index (χ0v) is 28.4. The second kappa shape index (κ2) is 13.3. The Bertz CT molecular complexity index is 1330. The Morgan fingerprint density at radius 1 is 0.894 bits per heavy atom. The molecular weight excluding hydrogens is 616 g/mol. The number of epoxide rings is 1. The van der Waals surface area contributed by atoms with Crippen LogP contribution in [0.3, 0.4) is 0 Å². The molecule has 0 bridgehead atoms. The number of hydrogen-bond acceptors (Lipinski definition) is 13. The Hall–Kier alpha value is -3.29. The third-order valence-electron chi connectivity index (χ3n) is 10.1. The summed E-state index contributed by atoms with van der Waals surface area (Å²) in [5, 5.41) is 24.4. The van der Waals surface area contributed by atoms with Crippen LogP contribution < -0.4 is 0 Å². The first-order valence-corrected chi connectivity index (χ1v) is 16.3. The van der Waals surface area contributed by atoms with Crippen LogP contribution in [0.25, 0.3) is 0 Å². The van der Waals surface area contributed by atoms with E-state index in [2.05, 4.69) is 6.92 Å². The summed E-state index contributed by atoms with van der Waals surface area (Å²) in [4.78, 5) is 64.0. The lowest BCUT2D eigenvalue weighted by Gasteiger charge is -2.55. The van der Waals surface area contributed by atoms with E-state index < -0.39 is 94.6 Å². The van der Waals surface area contributed by atoms with Gasteiger partial charge >= 0.3 is 29.8 Å². The highest BCUT2D eigenvalue weighted by molar-refractivity contribution is 5.89. The number of unbranched alkanes of at least 4 members (excludes halogenated alkanes) is 4. The second-order valence-electron chi connectivity index (χ2n) is 13.7. The van der Waals surface area contributed by atoms with Gasteiger partial charge in [-0.1, -0.05) is 45.6 Å². The van der Waals surface area contributed by atoms with Crippen LogP contribution in [0.15, 0.2) is 23.8 Å². The van der Waals surface area contributed by atoms with E-state index in [1.807, 2.05) is 0 Å². The van der Waals surface area contributed by atoms with Crippen molar-refractivity contribution in [2.75, 3.05) is 0 Å². The molecule has 262 valence electrons. The van der Waals surface area contributed by atoms with Crippen molar-refractivity contribution in [3.63, 3.8) is 0 Å². The highest BCUT2D eigenvalue weighted by Crippen LogP contribution is 2.65. The van der Waals surface area contributed by atoms with Gasteiger partial charge in [0.25, 0.3) is 0 Å². The van der Waals surface area contributed by atoms with Crippen molar-refractivity contribution < 1.29 is 62.6 Å². The van der Waals surface area contributed by atoms with Crippen LogP contribution in [-0.4, -0.2) is 93.5 Å². The molecule has 11 atom stereocenters. The molecule has 2 aliphatic heterocycles. The quantitative estimate of drug-likeness (QED) is 0.114. The zero-order valence-electron chi connectivity index (χ0n) is 28.4. The monoisotopic (exact) mass is 664 g/mol. The minimum absolute atomic E-state index is 0.0785. The molecule has 0 saturated carbocycles. The molecule has 2 fully saturated rings. The molecule has 13 nitrogen and oxygen atoms in total. The fourth-order valence-corrected chi connectivity index (χ4v) is 7.77. The van der Waals surface area contributed by atoms with E-state index in [-0.39, 0.29) is 12.0 Å². The molecule has 0 amide bonds. The maximum Gasteiger partial charge on any atom is 0.342 e. The molecule has 2 saturated heterocycles. The zero-order chi connectivity index (χ0) is 35.1. The van der Waals surface area contributed by atoms with Gasteiger partial charge < -0.3 is 38.6 Å². The van der Waals surface area contributed by atoms with E-state index in [9.17, 15) is 34.2 Å². The van der Waals surface area contributed by atoms with Crippen molar-refractivity contribution in [2.45, 2.75) is 147 Å². The number of ether oxygens (including phenoxy) is 6. The predicted octanol–water partition coefficient (Wildman–Crippen LogP) is 2.77. The largest absolute Gasteiger partial charge is 0.459 e. The van der Waals surface area contributed by atoms with Crippen LogP contribution >= 0.6 is 0 Å². The number of carbonyl (C=O) groups excluding carboxylic acids is 5. The Balaban J connectivity index is 1.93. The summed E-state index contributed by atoms with van der Waals surface area (Å²) < 4.78 is 35.0.